The molecule has 0 aliphatic carbocycles. The van der Waals surface area contributed by atoms with Gasteiger partial charge in [-0.15, -0.1) is 0 Å². The number of nitrogens with one attached hydrogen (secondary N) is 1. The molecule has 0 spiro atoms. The maximum absolute atomic E-state index is 12.2. The molecule has 0 bridgehead atoms. The largest absolute Gasteiger partial charge is 0.478 e. The highest BCUT2D eigenvalue weighted by Crippen LogP contribution is 2.25. The highest BCUT2D eigenvalue weighted by atomic mass is 35.5. The van der Waals surface area contributed by atoms with E-state index in [1.165, 1.54) is 18.2 Å². The van der Waals surface area contributed by atoms with Crippen LogP contribution in [0, 0.1) is 0 Å². The van der Waals surface area contributed by atoms with Gasteiger partial charge in [-0.05, 0) is 31.9 Å². The monoisotopic (exact) mass is 391 g/mol. The lowest BCUT2D eigenvalue weighted by Crippen LogP contribution is -2.25. The SMILES string of the molecule is CCOC(=O)CCCCCCNS(=O)(=O)c1cccc(C(=O)O)c1Cl. The zero-order chi connectivity index (χ0) is 18.9. The fourth-order valence-electron chi connectivity index (χ4n) is 2.15. The number of aromatic carboxylic acids is 1. The number of halogens is 1. The second kappa shape index (κ2) is 10.4. The van der Waals surface area contributed by atoms with E-state index in [-0.39, 0.29) is 28.0 Å². The van der Waals surface area contributed by atoms with Gasteiger partial charge in [-0.2, -0.15) is 0 Å². The van der Waals surface area contributed by atoms with Crippen molar-refractivity contribution in [2.75, 3.05) is 13.2 Å². The Morgan fingerprint density at radius 2 is 1.88 bits per heavy atom. The Morgan fingerprint density at radius 1 is 1.20 bits per heavy atom. The summed E-state index contributed by atoms with van der Waals surface area (Å²) in [5.74, 6) is -1.51. The van der Waals surface area contributed by atoms with Crippen LogP contribution in [0.4, 0.5) is 0 Å². The molecule has 0 radical (unpaired) electrons. The predicted octanol–water partition coefficient (Wildman–Crippen LogP) is 2.83. The van der Waals surface area contributed by atoms with Crippen molar-refractivity contribution < 1.29 is 27.9 Å². The Kier molecular flexibility index (Phi) is 8.88. The molecule has 0 amide bonds. The molecule has 0 fully saturated rings. The van der Waals surface area contributed by atoms with E-state index in [2.05, 4.69) is 4.72 Å². The van der Waals surface area contributed by atoms with Crippen LogP contribution < -0.4 is 4.72 Å². The van der Waals surface area contributed by atoms with Gasteiger partial charge in [0.05, 0.1) is 17.2 Å². The minimum Gasteiger partial charge on any atom is -0.478 e. The standard InChI is InChI=1S/C16H22ClNO6S/c1-2-24-14(19)10-5-3-4-6-11-18-25(22,23)13-9-7-8-12(15(13)17)16(20)21/h7-9,18H,2-6,10-11H2,1H3,(H,20,21). The Labute approximate surface area is 152 Å². The number of carbonyl (C=O) groups is 2. The van der Waals surface area contributed by atoms with Crippen molar-refractivity contribution in [3.05, 3.63) is 28.8 Å². The molecule has 0 atom stereocenters. The van der Waals surface area contributed by atoms with E-state index in [1.807, 2.05) is 0 Å². The summed E-state index contributed by atoms with van der Waals surface area (Å²) in [5, 5.41) is 8.68. The summed E-state index contributed by atoms with van der Waals surface area (Å²) in [4.78, 5) is 21.9. The number of rotatable bonds is 11. The third-order valence-electron chi connectivity index (χ3n) is 3.39. The summed E-state index contributed by atoms with van der Waals surface area (Å²) in [6, 6.07) is 3.84. The number of ether oxygens (including phenoxy) is 1. The van der Waals surface area contributed by atoms with E-state index in [9.17, 15) is 18.0 Å². The first kappa shape index (κ1) is 21.4. The summed E-state index contributed by atoms with van der Waals surface area (Å²) in [7, 11) is -3.88. The first-order chi connectivity index (χ1) is 11.8. The second-order valence-electron chi connectivity index (χ2n) is 5.29. The minimum absolute atomic E-state index is 0.204. The molecule has 0 aliphatic rings. The summed E-state index contributed by atoms with van der Waals surface area (Å²) < 4.78 is 31.7. The van der Waals surface area contributed by atoms with E-state index in [4.69, 9.17) is 21.4 Å². The first-order valence-corrected chi connectivity index (χ1v) is 9.82. The molecular formula is C16H22ClNO6S. The van der Waals surface area contributed by atoms with E-state index in [1.54, 1.807) is 6.92 Å². The summed E-state index contributed by atoms with van der Waals surface area (Å²) in [6.07, 6.45) is 3.19. The molecule has 9 heteroatoms. The van der Waals surface area contributed by atoms with E-state index < -0.39 is 16.0 Å². The van der Waals surface area contributed by atoms with Crippen LogP contribution in [0.1, 0.15) is 49.4 Å². The van der Waals surface area contributed by atoms with Crippen molar-refractivity contribution in [1.82, 2.24) is 4.72 Å². The molecule has 0 saturated heterocycles. The van der Waals surface area contributed by atoms with Crippen molar-refractivity contribution in [2.24, 2.45) is 0 Å². The van der Waals surface area contributed by atoms with Gasteiger partial charge in [0, 0.05) is 13.0 Å². The summed E-state index contributed by atoms with van der Waals surface area (Å²) in [6.45, 7) is 2.32. The van der Waals surface area contributed by atoms with Crippen molar-refractivity contribution in [1.29, 1.82) is 0 Å². The number of carboxylic acid groups (broad SMARTS) is 1. The first-order valence-electron chi connectivity index (χ1n) is 7.96. The van der Waals surface area contributed by atoms with Gasteiger partial charge in [-0.3, -0.25) is 4.79 Å². The van der Waals surface area contributed by atoms with Crippen LogP contribution in [-0.2, 0) is 19.6 Å². The normalized spacial score (nSPS) is 11.3. The zero-order valence-corrected chi connectivity index (χ0v) is 15.5. The maximum atomic E-state index is 12.2. The number of hydrogen-bond donors (Lipinski definition) is 2. The second-order valence-corrected chi connectivity index (χ2v) is 7.40. The number of unbranched alkanes of at least 4 members (excludes halogenated alkanes) is 3. The number of esters is 1. The predicted molar refractivity (Wildman–Crippen MR) is 93.3 cm³/mol. The lowest BCUT2D eigenvalue weighted by atomic mass is 10.1. The summed E-state index contributed by atoms with van der Waals surface area (Å²) >= 11 is 5.88. The molecule has 0 aromatic heterocycles. The highest BCUT2D eigenvalue weighted by molar-refractivity contribution is 7.89. The third kappa shape index (κ3) is 7.01. The van der Waals surface area contributed by atoms with Crippen LogP contribution in [0.2, 0.25) is 5.02 Å². The lowest BCUT2D eigenvalue weighted by molar-refractivity contribution is -0.143. The van der Waals surface area contributed by atoms with Crippen LogP contribution in [0.25, 0.3) is 0 Å². The van der Waals surface area contributed by atoms with Crippen LogP contribution >= 0.6 is 11.6 Å². The molecule has 1 aromatic rings. The van der Waals surface area contributed by atoms with Gasteiger partial charge in [0.1, 0.15) is 4.90 Å². The number of carboxylic acids is 1. The molecule has 0 saturated carbocycles. The van der Waals surface area contributed by atoms with Gasteiger partial charge in [0.15, 0.2) is 0 Å². The molecule has 2 N–H and O–H groups in total. The van der Waals surface area contributed by atoms with E-state index in [0.29, 0.717) is 25.9 Å². The molecule has 0 heterocycles. The lowest BCUT2D eigenvalue weighted by Gasteiger charge is -2.09. The average molecular weight is 392 g/mol. The molecule has 0 aliphatic heterocycles. The smallest absolute Gasteiger partial charge is 0.337 e. The Balaban J connectivity index is 2.43. The van der Waals surface area contributed by atoms with Gasteiger partial charge in [-0.25, -0.2) is 17.9 Å². The van der Waals surface area contributed by atoms with Gasteiger partial charge in [0.25, 0.3) is 0 Å². The molecule has 25 heavy (non-hydrogen) atoms. The molecule has 7 nitrogen and oxygen atoms in total. The molecular weight excluding hydrogens is 370 g/mol. The van der Waals surface area contributed by atoms with Crippen molar-refractivity contribution in [2.45, 2.75) is 43.9 Å². The quantitative estimate of drug-likeness (QED) is 0.443. The van der Waals surface area contributed by atoms with Crippen LogP contribution in [0.3, 0.4) is 0 Å². The fourth-order valence-corrected chi connectivity index (χ4v) is 3.83. The average Bonchev–Trinajstić information content (AvgIpc) is 2.53. The molecule has 1 rings (SSSR count). The highest BCUT2D eigenvalue weighted by Gasteiger charge is 2.21. The van der Waals surface area contributed by atoms with Gasteiger partial charge < -0.3 is 9.84 Å². The van der Waals surface area contributed by atoms with Gasteiger partial charge in [-0.1, -0.05) is 30.5 Å². The minimum atomic E-state index is -3.88. The van der Waals surface area contributed by atoms with Crippen LogP contribution in [0.15, 0.2) is 23.1 Å². The van der Waals surface area contributed by atoms with Crippen molar-refractivity contribution in [3.63, 3.8) is 0 Å². The number of hydrogen-bond acceptors (Lipinski definition) is 5. The van der Waals surface area contributed by atoms with Gasteiger partial charge >= 0.3 is 11.9 Å². The zero-order valence-electron chi connectivity index (χ0n) is 14.0. The molecule has 140 valence electrons. The fraction of sp³-hybridized carbons (Fsp3) is 0.500. The Hall–Kier alpha value is -1.64. The number of sulfonamides is 1. The van der Waals surface area contributed by atoms with Crippen LogP contribution in [0.5, 0.6) is 0 Å². The Bertz CT molecular complexity index is 705. The number of benzene rings is 1. The molecule has 0 unspecified atom stereocenters. The third-order valence-corrected chi connectivity index (χ3v) is 5.41. The summed E-state index contributed by atoms with van der Waals surface area (Å²) in [5.41, 5.74) is -0.261. The van der Waals surface area contributed by atoms with Gasteiger partial charge in [0.2, 0.25) is 10.0 Å². The van der Waals surface area contributed by atoms with Crippen molar-refractivity contribution >= 4 is 33.6 Å². The number of carbonyl (C=O) groups excluding carboxylic acids is 1. The van der Waals surface area contributed by atoms with E-state index >= 15 is 0 Å². The molecule has 1 aromatic carbocycles. The topological polar surface area (TPSA) is 110 Å². The van der Waals surface area contributed by atoms with Crippen LogP contribution in [-0.4, -0.2) is 38.6 Å². The maximum Gasteiger partial charge on any atom is 0.337 e. The van der Waals surface area contributed by atoms with E-state index in [0.717, 1.165) is 12.8 Å². The Morgan fingerprint density at radius 3 is 2.52 bits per heavy atom. The van der Waals surface area contributed by atoms with Crippen molar-refractivity contribution in [3.8, 4) is 0 Å².